The molecule has 2 N–H and O–H groups in total. The van der Waals surface area contributed by atoms with Crippen LogP contribution in [-0.2, 0) is 6.42 Å². The van der Waals surface area contributed by atoms with Crippen molar-refractivity contribution in [1.82, 2.24) is 10.6 Å². The number of hydrogen-bond donors (Lipinski definition) is 2. The number of guanidine groups is 1. The lowest BCUT2D eigenvalue weighted by atomic mass is 10.1. The number of nitrogens with zero attached hydrogens (tertiary/aromatic N) is 1. The molecule has 1 heterocycles. The molecule has 2 rings (SSSR count). The summed E-state index contributed by atoms with van der Waals surface area (Å²) in [5.41, 5.74) is 1.28. The number of fused-ring (bicyclic) bond motifs is 1. The Labute approximate surface area is 150 Å². The van der Waals surface area contributed by atoms with Crippen molar-refractivity contribution in [3.8, 4) is 5.75 Å². The number of para-hydroxylation sites is 1. The molecule has 0 spiro atoms. The number of benzene rings is 1. The third-order valence-electron chi connectivity index (χ3n) is 3.35. The lowest BCUT2D eigenvalue weighted by Crippen LogP contribution is -2.38. The topological polar surface area (TPSA) is 45.7 Å². The summed E-state index contributed by atoms with van der Waals surface area (Å²) < 4.78 is 5.90. The van der Waals surface area contributed by atoms with Crippen molar-refractivity contribution in [2.75, 3.05) is 19.6 Å². The van der Waals surface area contributed by atoms with Crippen LogP contribution in [0.25, 0.3) is 0 Å². The van der Waals surface area contributed by atoms with Gasteiger partial charge in [0.15, 0.2) is 5.96 Å². The number of rotatable bonds is 6. The van der Waals surface area contributed by atoms with E-state index < -0.39 is 0 Å². The average molecular weight is 415 g/mol. The maximum atomic E-state index is 5.90. The predicted octanol–water partition coefficient (Wildman–Crippen LogP) is 3.13. The fraction of sp³-hybridized carbons (Fsp3) is 0.471. The van der Waals surface area contributed by atoms with Gasteiger partial charge in [-0.3, -0.25) is 0 Å². The smallest absolute Gasteiger partial charge is 0.191 e. The molecule has 0 saturated heterocycles. The molecule has 5 heteroatoms. The Balaban J connectivity index is 0.00000242. The second-order valence-corrected chi connectivity index (χ2v) is 5.06. The normalized spacial score (nSPS) is 16.8. The largest absolute Gasteiger partial charge is 0.488 e. The summed E-state index contributed by atoms with van der Waals surface area (Å²) in [5.74, 6) is 1.87. The van der Waals surface area contributed by atoms with Crippen molar-refractivity contribution in [1.29, 1.82) is 0 Å². The second kappa shape index (κ2) is 10.5. The standard InChI is InChI=1S/C17H25N3O.HI/c1-3-5-8-11-19-17(18-4-2)20-13-15-12-14-9-6-7-10-16(14)21-15;/h3,5-7,9-10,15H,4,8,11-13H2,1-2H3,(H2,18,19,20);1H/b5-3+;. The molecule has 1 aliphatic rings. The van der Waals surface area contributed by atoms with E-state index in [0.29, 0.717) is 6.54 Å². The Morgan fingerprint density at radius 2 is 2.18 bits per heavy atom. The molecule has 0 saturated carbocycles. The van der Waals surface area contributed by atoms with E-state index in [9.17, 15) is 0 Å². The quantitative estimate of drug-likeness (QED) is 0.247. The summed E-state index contributed by atoms with van der Waals surface area (Å²) in [5, 5.41) is 6.60. The zero-order chi connectivity index (χ0) is 14.9. The summed E-state index contributed by atoms with van der Waals surface area (Å²) in [4.78, 5) is 4.62. The molecule has 0 radical (unpaired) electrons. The summed E-state index contributed by atoms with van der Waals surface area (Å²) in [6.07, 6.45) is 6.31. The Morgan fingerprint density at radius 1 is 1.36 bits per heavy atom. The summed E-state index contributed by atoms with van der Waals surface area (Å²) in [6, 6.07) is 8.22. The average Bonchev–Trinajstić information content (AvgIpc) is 2.92. The first-order valence-electron chi connectivity index (χ1n) is 7.71. The van der Waals surface area contributed by atoms with Crippen LogP contribution in [0, 0.1) is 0 Å². The molecular formula is C17H26IN3O. The maximum Gasteiger partial charge on any atom is 0.191 e. The molecule has 0 aromatic heterocycles. The van der Waals surface area contributed by atoms with Gasteiger partial charge in [-0.1, -0.05) is 30.4 Å². The van der Waals surface area contributed by atoms with Gasteiger partial charge in [-0.2, -0.15) is 0 Å². The van der Waals surface area contributed by atoms with Crippen LogP contribution >= 0.6 is 24.0 Å². The first-order valence-corrected chi connectivity index (χ1v) is 7.71. The van der Waals surface area contributed by atoms with Gasteiger partial charge in [0.05, 0.1) is 6.54 Å². The lowest BCUT2D eigenvalue weighted by Gasteiger charge is -2.12. The molecule has 0 aliphatic carbocycles. The van der Waals surface area contributed by atoms with Crippen LogP contribution in [0.15, 0.2) is 41.4 Å². The van der Waals surface area contributed by atoms with E-state index in [4.69, 9.17) is 4.74 Å². The van der Waals surface area contributed by atoms with Crippen LogP contribution in [0.2, 0.25) is 0 Å². The van der Waals surface area contributed by atoms with E-state index in [1.165, 1.54) is 5.56 Å². The van der Waals surface area contributed by atoms with E-state index in [1.54, 1.807) is 0 Å². The molecule has 1 atom stereocenters. The van der Waals surface area contributed by atoms with Crippen molar-refractivity contribution in [3.05, 3.63) is 42.0 Å². The number of aliphatic imine (C=N–C) groups is 1. The van der Waals surface area contributed by atoms with Crippen LogP contribution < -0.4 is 15.4 Å². The Morgan fingerprint density at radius 3 is 2.91 bits per heavy atom. The predicted molar refractivity (Wildman–Crippen MR) is 103 cm³/mol. The van der Waals surface area contributed by atoms with Crippen LogP contribution in [0.3, 0.4) is 0 Å². The summed E-state index contributed by atoms with van der Waals surface area (Å²) >= 11 is 0. The van der Waals surface area contributed by atoms with Crippen molar-refractivity contribution in [2.24, 2.45) is 4.99 Å². The molecule has 22 heavy (non-hydrogen) atoms. The number of hydrogen-bond acceptors (Lipinski definition) is 2. The molecule has 1 unspecified atom stereocenters. The fourth-order valence-corrected chi connectivity index (χ4v) is 2.33. The van der Waals surface area contributed by atoms with Gasteiger partial charge in [0.1, 0.15) is 11.9 Å². The number of halogens is 1. The Bertz CT molecular complexity index is 477. The highest BCUT2D eigenvalue weighted by atomic mass is 127. The zero-order valence-corrected chi connectivity index (χ0v) is 15.7. The van der Waals surface area contributed by atoms with Gasteiger partial charge in [0, 0.05) is 19.5 Å². The molecule has 1 aromatic rings. The van der Waals surface area contributed by atoms with Gasteiger partial charge in [0.25, 0.3) is 0 Å². The second-order valence-electron chi connectivity index (χ2n) is 5.06. The Hall–Kier alpha value is -1.24. The van der Waals surface area contributed by atoms with Crippen molar-refractivity contribution in [2.45, 2.75) is 32.8 Å². The third kappa shape index (κ3) is 5.87. The third-order valence-corrected chi connectivity index (χ3v) is 3.35. The van der Waals surface area contributed by atoms with Gasteiger partial charge >= 0.3 is 0 Å². The van der Waals surface area contributed by atoms with Crippen LogP contribution in [0.1, 0.15) is 25.8 Å². The molecule has 0 fully saturated rings. The van der Waals surface area contributed by atoms with Crippen LogP contribution in [-0.4, -0.2) is 31.7 Å². The van der Waals surface area contributed by atoms with Gasteiger partial charge in [-0.15, -0.1) is 24.0 Å². The minimum atomic E-state index is 0. The van der Waals surface area contributed by atoms with Crippen molar-refractivity contribution in [3.63, 3.8) is 0 Å². The molecule has 1 aliphatic heterocycles. The van der Waals surface area contributed by atoms with E-state index in [2.05, 4.69) is 46.8 Å². The van der Waals surface area contributed by atoms with Crippen molar-refractivity contribution < 1.29 is 4.74 Å². The number of ether oxygens (including phenoxy) is 1. The highest BCUT2D eigenvalue weighted by Crippen LogP contribution is 2.28. The molecular weight excluding hydrogens is 389 g/mol. The molecule has 1 aromatic carbocycles. The number of nitrogens with one attached hydrogen (secondary N) is 2. The highest BCUT2D eigenvalue weighted by Gasteiger charge is 2.21. The molecule has 122 valence electrons. The summed E-state index contributed by atoms with van der Waals surface area (Å²) in [7, 11) is 0. The summed E-state index contributed by atoms with van der Waals surface area (Å²) in [6.45, 7) is 6.54. The highest BCUT2D eigenvalue weighted by molar-refractivity contribution is 14.0. The van der Waals surface area contributed by atoms with Crippen molar-refractivity contribution >= 4 is 29.9 Å². The van der Waals surface area contributed by atoms with E-state index in [-0.39, 0.29) is 30.1 Å². The van der Waals surface area contributed by atoms with Gasteiger partial charge in [-0.05, 0) is 31.9 Å². The monoisotopic (exact) mass is 415 g/mol. The van der Waals surface area contributed by atoms with Gasteiger partial charge in [-0.25, -0.2) is 4.99 Å². The minimum Gasteiger partial charge on any atom is -0.488 e. The number of allylic oxidation sites excluding steroid dienone is 1. The zero-order valence-electron chi connectivity index (χ0n) is 13.3. The van der Waals surface area contributed by atoms with E-state index >= 15 is 0 Å². The van der Waals surface area contributed by atoms with Crippen LogP contribution in [0.5, 0.6) is 5.75 Å². The first kappa shape index (κ1) is 18.8. The molecule has 0 bridgehead atoms. The van der Waals surface area contributed by atoms with E-state index in [1.807, 2.05) is 19.1 Å². The van der Waals surface area contributed by atoms with E-state index in [0.717, 1.165) is 37.6 Å². The first-order chi connectivity index (χ1) is 10.3. The molecule has 4 nitrogen and oxygen atoms in total. The minimum absolute atomic E-state index is 0. The molecule has 0 amide bonds. The fourth-order valence-electron chi connectivity index (χ4n) is 2.33. The lowest BCUT2D eigenvalue weighted by molar-refractivity contribution is 0.241. The van der Waals surface area contributed by atoms with Crippen LogP contribution in [0.4, 0.5) is 0 Å². The maximum absolute atomic E-state index is 5.90. The van der Waals surface area contributed by atoms with Gasteiger partial charge < -0.3 is 15.4 Å². The van der Waals surface area contributed by atoms with Gasteiger partial charge in [0.2, 0.25) is 0 Å². The Kier molecular flexibility index (Phi) is 8.96. The SMILES string of the molecule is C/C=C/CCNC(=NCC1Cc2ccccc2O1)NCC.I.